The molecule has 0 atom stereocenters. The van der Waals surface area contributed by atoms with Crippen LogP contribution in [-0.4, -0.2) is 21.4 Å². The minimum absolute atomic E-state index is 0.280. The zero-order valence-electron chi connectivity index (χ0n) is 10.2. The van der Waals surface area contributed by atoms with Crippen molar-refractivity contribution in [2.24, 2.45) is 0 Å². The summed E-state index contributed by atoms with van der Waals surface area (Å²) in [5, 5.41) is 10.7. The summed E-state index contributed by atoms with van der Waals surface area (Å²) < 4.78 is 37.1. The van der Waals surface area contributed by atoms with E-state index in [2.05, 4.69) is 0 Å². The molecule has 0 aliphatic rings. The highest BCUT2D eigenvalue weighted by atomic mass is 19.4. The van der Waals surface area contributed by atoms with Gasteiger partial charge in [0.15, 0.2) is 5.78 Å². The molecule has 0 amide bonds. The van der Waals surface area contributed by atoms with Gasteiger partial charge in [0, 0.05) is 18.9 Å². The lowest BCUT2D eigenvalue weighted by atomic mass is 10.2. The van der Waals surface area contributed by atoms with Gasteiger partial charge < -0.3 is 10.1 Å². The Kier molecular flexibility index (Phi) is 4.68. The molecule has 8 heteroatoms. The Bertz CT molecular complexity index is 480. The van der Waals surface area contributed by atoms with Crippen LogP contribution < -0.4 is 0 Å². The zero-order chi connectivity index (χ0) is 14.6. The third-order valence-corrected chi connectivity index (χ3v) is 2.62. The van der Waals surface area contributed by atoms with Crippen molar-refractivity contribution in [3.8, 4) is 0 Å². The van der Waals surface area contributed by atoms with Crippen molar-refractivity contribution in [3.05, 3.63) is 27.9 Å². The molecule has 0 fully saturated rings. The van der Waals surface area contributed by atoms with Crippen molar-refractivity contribution in [3.63, 3.8) is 0 Å². The summed E-state index contributed by atoms with van der Waals surface area (Å²) in [6.07, 6.45) is -5.81. The lowest BCUT2D eigenvalue weighted by Crippen LogP contribution is -2.17. The zero-order valence-corrected chi connectivity index (χ0v) is 10.2. The van der Waals surface area contributed by atoms with Gasteiger partial charge in [-0.1, -0.05) is 6.92 Å². The van der Waals surface area contributed by atoms with E-state index in [-0.39, 0.29) is 5.82 Å². The molecule has 0 aliphatic heterocycles. The average molecular weight is 278 g/mol. The van der Waals surface area contributed by atoms with Crippen LogP contribution in [0.1, 0.15) is 25.5 Å². The molecular weight excluding hydrogens is 265 g/mol. The number of rotatable bonds is 6. The first-order chi connectivity index (χ1) is 8.74. The summed E-state index contributed by atoms with van der Waals surface area (Å²) >= 11 is 0. The minimum Gasteiger partial charge on any atom is -0.358 e. The van der Waals surface area contributed by atoms with E-state index in [0.29, 0.717) is 12.1 Å². The second kappa shape index (κ2) is 5.85. The Labute approximate surface area is 107 Å². The van der Waals surface area contributed by atoms with Crippen LogP contribution in [0.2, 0.25) is 0 Å². The number of hydrogen-bond acceptors (Lipinski definition) is 3. The van der Waals surface area contributed by atoms with Gasteiger partial charge in [-0.05, 0) is 11.0 Å². The number of carbonyl (C=O) groups is 1. The first-order valence-electron chi connectivity index (χ1n) is 5.66. The number of nitrogens with zero attached hydrogens (tertiary/aromatic N) is 2. The van der Waals surface area contributed by atoms with E-state index in [1.807, 2.05) is 0 Å². The van der Waals surface area contributed by atoms with Crippen molar-refractivity contribution < 1.29 is 22.9 Å². The lowest BCUT2D eigenvalue weighted by Gasteiger charge is -2.06. The number of hydrogen-bond donors (Lipinski definition) is 0. The van der Waals surface area contributed by atoms with E-state index in [0.717, 1.165) is 4.57 Å². The number of aromatic nitrogens is 1. The fourth-order valence-corrected chi connectivity index (χ4v) is 1.69. The van der Waals surface area contributed by atoms with E-state index >= 15 is 0 Å². The molecule has 1 aromatic heterocycles. The van der Waals surface area contributed by atoms with E-state index in [4.69, 9.17) is 0 Å². The molecule has 1 aromatic rings. The van der Waals surface area contributed by atoms with Gasteiger partial charge in [-0.15, -0.1) is 0 Å². The first-order valence-corrected chi connectivity index (χ1v) is 5.66. The first kappa shape index (κ1) is 15.2. The number of carbonyl (C=O) groups excluding carboxylic acids is 1. The predicted octanol–water partition coefficient (Wildman–Crippen LogP) is 2.87. The van der Waals surface area contributed by atoms with Crippen molar-refractivity contribution in [1.82, 2.24) is 4.57 Å². The number of alkyl halides is 3. The molecule has 1 rings (SSSR count). The second-order valence-corrected chi connectivity index (χ2v) is 4.03. The van der Waals surface area contributed by atoms with Crippen LogP contribution >= 0.6 is 0 Å². The summed E-state index contributed by atoms with van der Waals surface area (Å²) in [6, 6.07) is 2.74. The highest BCUT2D eigenvalue weighted by Gasteiger charge is 2.29. The van der Waals surface area contributed by atoms with Crippen molar-refractivity contribution >= 4 is 11.6 Å². The maximum Gasteiger partial charge on any atom is 0.389 e. The van der Waals surface area contributed by atoms with E-state index in [1.165, 1.54) is 12.1 Å². The van der Waals surface area contributed by atoms with Crippen LogP contribution in [0.25, 0.3) is 0 Å². The lowest BCUT2D eigenvalue weighted by molar-refractivity contribution is -0.392. The molecule has 0 spiro atoms. The average Bonchev–Trinajstić information content (AvgIpc) is 2.68. The van der Waals surface area contributed by atoms with Crippen LogP contribution in [0.4, 0.5) is 19.0 Å². The van der Waals surface area contributed by atoms with Gasteiger partial charge in [-0.2, -0.15) is 13.2 Å². The highest BCUT2D eigenvalue weighted by Crippen LogP contribution is 2.23. The number of halogens is 3. The Morgan fingerprint density at radius 3 is 2.53 bits per heavy atom. The number of aryl methyl sites for hydroxylation is 1. The van der Waals surface area contributed by atoms with Crippen LogP contribution in [0.15, 0.2) is 12.1 Å². The van der Waals surface area contributed by atoms with Gasteiger partial charge in [0.05, 0.1) is 6.42 Å². The Morgan fingerprint density at radius 2 is 2.05 bits per heavy atom. The van der Waals surface area contributed by atoms with Gasteiger partial charge >= 0.3 is 12.0 Å². The maximum absolute atomic E-state index is 12.0. The maximum atomic E-state index is 12.0. The second-order valence-electron chi connectivity index (χ2n) is 4.03. The molecule has 106 valence electrons. The monoisotopic (exact) mass is 278 g/mol. The van der Waals surface area contributed by atoms with Crippen LogP contribution in [0.3, 0.4) is 0 Å². The Morgan fingerprint density at radius 1 is 1.42 bits per heavy atom. The molecule has 5 nitrogen and oxygen atoms in total. The third-order valence-electron chi connectivity index (χ3n) is 2.62. The molecule has 0 N–H and O–H groups in total. The molecule has 1 heterocycles. The van der Waals surface area contributed by atoms with Crippen molar-refractivity contribution in [2.45, 2.75) is 38.9 Å². The summed E-state index contributed by atoms with van der Waals surface area (Å²) in [5.41, 5.74) is 0.548. The molecule has 19 heavy (non-hydrogen) atoms. The van der Waals surface area contributed by atoms with E-state index in [1.54, 1.807) is 6.92 Å². The number of ketones is 1. The van der Waals surface area contributed by atoms with E-state index < -0.39 is 36.3 Å². The van der Waals surface area contributed by atoms with Gasteiger partial charge in [0.2, 0.25) is 0 Å². The van der Waals surface area contributed by atoms with Crippen molar-refractivity contribution in [1.29, 1.82) is 0 Å². The van der Waals surface area contributed by atoms with Crippen molar-refractivity contribution in [2.75, 3.05) is 0 Å². The summed E-state index contributed by atoms with van der Waals surface area (Å²) in [5.74, 6) is -0.955. The molecule has 0 radical (unpaired) electrons. The largest absolute Gasteiger partial charge is 0.389 e. The van der Waals surface area contributed by atoms with Gasteiger partial charge in [0.1, 0.15) is 12.2 Å². The standard InChI is InChI=1S/C11H13F3N2O3/c1-2-8-3-4-10(16(18)19)15(8)7-9(17)5-6-11(12,13)14/h3-4H,2,5-7H2,1H3. The fraction of sp³-hybridized carbons (Fsp3) is 0.545. The molecule has 0 saturated heterocycles. The van der Waals surface area contributed by atoms with Gasteiger partial charge in [-0.25, -0.2) is 4.57 Å². The molecule has 0 saturated carbocycles. The van der Waals surface area contributed by atoms with Crippen LogP contribution in [0.5, 0.6) is 0 Å². The molecule has 0 bridgehead atoms. The summed E-state index contributed by atoms with van der Waals surface area (Å²) in [6.45, 7) is 1.35. The van der Waals surface area contributed by atoms with Crippen LogP contribution in [-0.2, 0) is 17.8 Å². The quantitative estimate of drug-likeness (QED) is 0.593. The Balaban J connectivity index is 2.78. The number of nitro groups is 1. The molecule has 0 unspecified atom stereocenters. The molecular formula is C11H13F3N2O3. The van der Waals surface area contributed by atoms with Crippen LogP contribution in [0, 0.1) is 10.1 Å². The number of Topliss-reactive ketones (excluding diaryl/α,β-unsaturated/α-hetero) is 1. The normalized spacial score (nSPS) is 11.6. The SMILES string of the molecule is CCc1ccc([N+](=O)[O-])n1CC(=O)CCC(F)(F)F. The van der Waals surface area contributed by atoms with Gasteiger partial charge in [0.25, 0.3) is 0 Å². The third kappa shape index (κ3) is 4.38. The smallest absolute Gasteiger partial charge is 0.358 e. The summed E-state index contributed by atoms with van der Waals surface area (Å²) in [4.78, 5) is 21.5. The molecule has 0 aliphatic carbocycles. The minimum atomic E-state index is -4.40. The predicted molar refractivity (Wildman–Crippen MR) is 60.8 cm³/mol. The van der Waals surface area contributed by atoms with Gasteiger partial charge in [-0.3, -0.25) is 4.79 Å². The highest BCUT2D eigenvalue weighted by molar-refractivity contribution is 5.78. The fourth-order valence-electron chi connectivity index (χ4n) is 1.69. The topological polar surface area (TPSA) is 65.1 Å². The van der Waals surface area contributed by atoms with E-state index in [9.17, 15) is 28.1 Å². The summed E-state index contributed by atoms with van der Waals surface area (Å²) in [7, 11) is 0. The Hall–Kier alpha value is -1.86. The molecule has 0 aromatic carbocycles.